The zero-order chi connectivity index (χ0) is 19.5. The summed E-state index contributed by atoms with van der Waals surface area (Å²) in [4.78, 5) is 17.1. The molecule has 1 saturated heterocycles. The highest BCUT2D eigenvalue weighted by Gasteiger charge is 2.34. The molecular weight excluding hydrogens is 356 g/mol. The van der Waals surface area contributed by atoms with E-state index in [0.717, 1.165) is 35.7 Å². The average molecular weight is 382 g/mol. The summed E-state index contributed by atoms with van der Waals surface area (Å²) in [6.07, 6.45) is -0.284. The molecule has 0 radical (unpaired) electrons. The van der Waals surface area contributed by atoms with Crippen molar-refractivity contribution in [2.75, 3.05) is 45.3 Å². The van der Waals surface area contributed by atoms with Crippen LogP contribution in [0.15, 0.2) is 48.5 Å². The normalized spacial score (nSPS) is 21.5. The van der Waals surface area contributed by atoms with Crippen molar-refractivity contribution in [3.63, 3.8) is 0 Å². The minimum Gasteiger partial charge on any atom is -0.497 e. The maximum absolute atomic E-state index is 12.9. The van der Waals surface area contributed by atoms with Gasteiger partial charge in [0.25, 0.3) is 0 Å². The molecule has 0 spiro atoms. The van der Waals surface area contributed by atoms with Crippen molar-refractivity contribution < 1.29 is 19.0 Å². The summed E-state index contributed by atoms with van der Waals surface area (Å²) in [6.45, 7) is 3.07. The highest BCUT2D eigenvalue weighted by molar-refractivity contribution is 5.77. The fourth-order valence-electron chi connectivity index (χ4n) is 3.95. The van der Waals surface area contributed by atoms with Crippen molar-refractivity contribution in [1.29, 1.82) is 0 Å². The number of methoxy groups -OCH3 is 2. The largest absolute Gasteiger partial charge is 0.497 e. The van der Waals surface area contributed by atoms with Gasteiger partial charge in [-0.25, -0.2) is 0 Å². The predicted octanol–water partition coefficient (Wildman–Crippen LogP) is 3.15. The van der Waals surface area contributed by atoms with Gasteiger partial charge in [-0.05, 0) is 29.8 Å². The van der Waals surface area contributed by atoms with Crippen LogP contribution in [0, 0.1) is 0 Å². The molecular formula is C22H26N2O4. The number of carbonyl (C=O) groups excluding carboxylic acids is 1. The van der Waals surface area contributed by atoms with Gasteiger partial charge >= 0.3 is 0 Å². The van der Waals surface area contributed by atoms with E-state index in [1.807, 2.05) is 41.3 Å². The Morgan fingerprint density at radius 3 is 2.32 bits per heavy atom. The maximum atomic E-state index is 12.9. The van der Waals surface area contributed by atoms with Gasteiger partial charge in [0.05, 0.1) is 19.6 Å². The number of rotatable bonds is 5. The van der Waals surface area contributed by atoms with Gasteiger partial charge in [0.2, 0.25) is 5.91 Å². The molecule has 2 heterocycles. The van der Waals surface area contributed by atoms with E-state index in [1.165, 1.54) is 0 Å². The Labute approximate surface area is 165 Å². The van der Waals surface area contributed by atoms with E-state index in [1.54, 1.807) is 14.2 Å². The lowest BCUT2D eigenvalue weighted by molar-refractivity contribution is -0.154. The van der Waals surface area contributed by atoms with Crippen molar-refractivity contribution >= 4 is 11.6 Å². The van der Waals surface area contributed by atoms with Crippen molar-refractivity contribution in [2.45, 2.75) is 18.8 Å². The summed E-state index contributed by atoms with van der Waals surface area (Å²) in [7, 11) is 3.30. The van der Waals surface area contributed by atoms with E-state index in [2.05, 4.69) is 17.0 Å². The minimum atomic E-state index is -0.388. The summed E-state index contributed by atoms with van der Waals surface area (Å²) in [5.41, 5.74) is 3.23. The number of amides is 1. The lowest BCUT2D eigenvalue weighted by Gasteiger charge is -2.36. The molecule has 2 unspecified atom stereocenters. The molecule has 148 valence electrons. The zero-order valence-corrected chi connectivity index (χ0v) is 16.3. The molecule has 0 N–H and O–H groups in total. The van der Waals surface area contributed by atoms with Gasteiger partial charge in [0, 0.05) is 44.5 Å². The first-order valence-corrected chi connectivity index (χ1v) is 9.63. The van der Waals surface area contributed by atoms with Gasteiger partial charge in [0.1, 0.15) is 5.75 Å². The van der Waals surface area contributed by atoms with E-state index in [9.17, 15) is 4.79 Å². The van der Waals surface area contributed by atoms with Crippen LogP contribution in [-0.4, -0.2) is 51.2 Å². The molecule has 2 aliphatic rings. The molecule has 6 heteroatoms. The van der Waals surface area contributed by atoms with Crippen LogP contribution in [0.25, 0.3) is 0 Å². The molecule has 0 saturated carbocycles. The van der Waals surface area contributed by atoms with Gasteiger partial charge in [-0.1, -0.05) is 24.3 Å². The first-order valence-electron chi connectivity index (χ1n) is 9.63. The third-order valence-electron chi connectivity index (χ3n) is 5.53. The first-order chi connectivity index (χ1) is 13.7. The number of anilines is 1. The Morgan fingerprint density at radius 1 is 1.00 bits per heavy atom. The Kier molecular flexibility index (Phi) is 5.50. The lowest BCUT2D eigenvalue weighted by atomic mass is 10.0. The average Bonchev–Trinajstić information content (AvgIpc) is 3.11. The van der Waals surface area contributed by atoms with Gasteiger partial charge in [0.15, 0.2) is 6.29 Å². The van der Waals surface area contributed by atoms with Gasteiger partial charge < -0.3 is 24.0 Å². The van der Waals surface area contributed by atoms with Crippen molar-refractivity contribution in [2.24, 2.45) is 0 Å². The Balaban J connectivity index is 1.34. The number of hydrogen-bond donors (Lipinski definition) is 0. The van der Waals surface area contributed by atoms with Crippen LogP contribution in [0.3, 0.4) is 0 Å². The monoisotopic (exact) mass is 382 g/mol. The Bertz CT molecular complexity index is 816. The van der Waals surface area contributed by atoms with Crippen LogP contribution in [0.1, 0.15) is 29.9 Å². The molecule has 4 rings (SSSR count). The highest BCUT2D eigenvalue weighted by atomic mass is 16.7. The van der Waals surface area contributed by atoms with Crippen LogP contribution in [0.2, 0.25) is 0 Å². The third-order valence-corrected chi connectivity index (χ3v) is 5.53. The fraction of sp³-hybridized carbons (Fsp3) is 0.409. The summed E-state index contributed by atoms with van der Waals surface area (Å²) < 4.78 is 16.6. The van der Waals surface area contributed by atoms with E-state index < -0.39 is 0 Å². The smallest absolute Gasteiger partial charge is 0.225 e. The number of ether oxygens (including phenoxy) is 3. The molecule has 1 amide bonds. The molecule has 6 nitrogen and oxygen atoms in total. The SMILES string of the molecule is COc1ccc(N2CCN(C(=O)CC3OC(OC)c4ccccc43)CC2)cc1. The van der Waals surface area contributed by atoms with Crippen LogP contribution in [-0.2, 0) is 14.3 Å². The second-order valence-electron chi connectivity index (χ2n) is 7.09. The van der Waals surface area contributed by atoms with E-state index >= 15 is 0 Å². The molecule has 0 aliphatic carbocycles. The standard InChI is InChI=1S/C22H26N2O4/c1-26-17-9-7-16(8-10-17)23-11-13-24(14-12-23)21(25)15-20-18-5-3-4-6-19(18)22(27-2)28-20/h3-10,20,22H,11-15H2,1-2H3. The van der Waals surface area contributed by atoms with Crippen LogP contribution in [0.4, 0.5) is 5.69 Å². The number of fused-ring (bicyclic) bond motifs is 1. The van der Waals surface area contributed by atoms with E-state index in [0.29, 0.717) is 19.5 Å². The number of piperazine rings is 1. The Morgan fingerprint density at radius 2 is 1.68 bits per heavy atom. The fourth-order valence-corrected chi connectivity index (χ4v) is 3.95. The van der Waals surface area contributed by atoms with Crippen molar-refractivity contribution in [3.8, 4) is 5.75 Å². The van der Waals surface area contributed by atoms with E-state index in [-0.39, 0.29) is 18.3 Å². The molecule has 2 aliphatic heterocycles. The number of nitrogens with zero attached hydrogens (tertiary/aromatic N) is 2. The van der Waals surface area contributed by atoms with Gasteiger partial charge in [-0.15, -0.1) is 0 Å². The van der Waals surface area contributed by atoms with Crippen LogP contribution in [0.5, 0.6) is 5.75 Å². The van der Waals surface area contributed by atoms with Gasteiger partial charge in [-0.2, -0.15) is 0 Å². The second kappa shape index (κ2) is 8.20. The topological polar surface area (TPSA) is 51.2 Å². The van der Waals surface area contributed by atoms with Crippen molar-refractivity contribution in [3.05, 3.63) is 59.7 Å². The molecule has 2 aromatic rings. The molecule has 2 atom stereocenters. The second-order valence-corrected chi connectivity index (χ2v) is 7.09. The zero-order valence-electron chi connectivity index (χ0n) is 16.3. The molecule has 0 bridgehead atoms. The number of benzene rings is 2. The van der Waals surface area contributed by atoms with Gasteiger partial charge in [-0.3, -0.25) is 4.79 Å². The number of carbonyl (C=O) groups is 1. The van der Waals surface area contributed by atoms with Crippen molar-refractivity contribution in [1.82, 2.24) is 4.90 Å². The molecule has 0 aromatic heterocycles. The molecule has 2 aromatic carbocycles. The highest BCUT2D eigenvalue weighted by Crippen LogP contribution is 2.41. The van der Waals surface area contributed by atoms with Crippen LogP contribution >= 0.6 is 0 Å². The quantitative estimate of drug-likeness (QED) is 0.795. The van der Waals surface area contributed by atoms with Crippen LogP contribution < -0.4 is 9.64 Å². The molecule has 1 fully saturated rings. The summed E-state index contributed by atoms with van der Waals surface area (Å²) in [5, 5.41) is 0. The summed E-state index contributed by atoms with van der Waals surface area (Å²) >= 11 is 0. The number of hydrogen-bond acceptors (Lipinski definition) is 5. The third kappa shape index (κ3) is 3.70. The minimum absolute atomic E-state index is 0.130. The van der Waals surface area contributed by atoms with E-state index in [4.69, 9.17) is 14.2 Å². The molecule has 28 heavy (non-hydrogen) atoms. The Hall–Kier alpha value is -2.57. The maximum Gasteiger partial charge on any atom is 0.225 e. The predicted molar refractivity (Wildman–Crippen MR) is 106 cm³/mol. The lowest BCUT2D eigenvalue weighted by Crippen LogP contribution is -2.49. The summed E-state index contributed by atoms with van der Waals surface area (Å²) in [6, 6.07) is 16.0. The first kappa shape index (κ1) is 18.8. The summed E-state index contributed by atoms with van der Waals surface area (Å²) in [5.74, 6) is 0.981.